The fourth-order valence-corrected chi connectivity index (χ4v) is 7.47. The average molecular weight is 633 g/mol. The van der Waals surface area contributed by atoms with E-state index < -0.39 is 17.7 Å². The van der Waals surface area contributed by atoms with Gasteiger partial charge in [-0.1, -0.05) is 64.0 Å². The monoisotopic (exact) mass is 632 g/mol. The van der Waals surface area contributed by atoms with Gasteiger partial charge in [-0.05, 0) is 80.0 Å². The Kier molecular flexibility index (Phi) is 11.7. The smallest absolute Gasteiger partial charge is 0.251 e. The molecule has 2 atom stereocenters. The van der Waals surface area contributed by atoms with E-state index >= 15 is 0 Å². The number of aliphatic hydroxyl groups is 1. The van der Waals surface area contributed by atoms with Crippen molar-refractivity contribution in [1.29, 1.82) is 0 Å². The number of hydrogen-bond acceptors (Lipinski definition) is 6. The van der Waals surface area contributed by atoms with Crippen molar-refractivity contribution in [2.24, 2.45) is 5.92 Å². The highest BCUT2D eigenvalue weighted by Crippen LogP contribution is 2.37. The van der Waals surface area contributed by atoms with Gasteiger partial charge in [-0.2, -0.15) is 0 Å². The molecule has 3 aliphatic rings. The van der Waals surface area contributed by atoms with Crippen molar-refractivity contribution in [3.63, 3.8) is 0 Å². The standard InChI is InChI=1S/C37H52N4O5/c1-3-4-5-6-10-23-41-35(44)32(33(42)28-11-8-7-9-12-28)39-36(45)37(41)21-24-40(25-22-37)26-27-13-17-30(18-14-27)46-31-19-15-29(16-20-31)34(43)38-2/h13-20,28,32-33,42H,3-12,21-26H2,1-2H3,(H,38,43)(H,39,45)/t32-,33-/m1/s1. The third kappa shape index (κ3) is 7.92. The predicted octanol–water partition coefficient (Wildman–Crippen LogP) is 5.41. The van der Waals surface area contributed by atoms with Crippen LogP contribution in [0.3, 0.4) is 0 Å². The van der Waals surface area contributed by atoms with Gasteiger partial charge in [0.15, 0.2) is 0 Å². The van der Waals surface area contributed by atoms with Crippen molar-refractivity contribution in [2.45, 2.75) is 108 Å². The molecule has 2 aromatic carbocycles. The lowest BCUT2D eigenvalue weighted by Crippen LogP contribution is -2.75. The molecule has 2 aromatic rings. The van der Waals surface area contributed by atoms with E-state index in [4.69, 9.17) is 4.74 Å². The molecular formula is C37H52N4O5. The van der Waals surface area contributed by atoms with Crippen LogP contribution in [0, 0.1) is 5.92 Å². The van der Waals surface area contributed by atoms with Crippen LogP contribution in [0.25, 0.3) is 0 Å². The molecule has 3 N–H and O–H groups in total. The van der Waals surface area contributed by atoms with E-state index in [2.05, 4.69) is 34.6 Å². The van der Waals surface area contributed by atoms with E-state index in [1.165, 1.54) is 12.8 Å². The number of piperidine rings is 1. The zero-order valence-electron chi connectivity index (χ0n) is 27.6. The molecular weight excluding hydrogens is 580 g/mol. The second kappa shape index (κ2) is 15.9. The molecule has 0 aromatic heterocycles. The maximum Gasteiger partial charge on any atom is 0.251 e. The number of benzene rings is 2. The van der Waals surface area contributed by atoms with Crippen molar-refractivity contribution in [3.8, 4) is 11.5 Å². The van der Waals surface area contributed by atoms with E-state index in [1.807, 2.05) is 17.0 Å². The molecule has 1 spiro atoms. The van der Waals surface area contributed by atoms with Gasteiger partial charge < -0.3 is 25.4 Å². The van der Waals surface area contributed by atoms with Crippen LogP contribution in [0.15, 0.2) is 48.5 Å². The Morgan fingerprint density at radius 1 is 0.957 bits per heavy atom. The van der Waals surface area contributed by atoms with Gasteiger partial charge in [0.2, 0.25) is 11.8 Å². The number of piperazine rings is 1. The Bertz CT molecular complexity index is 1300. The summed E-state index contributed by atoms with van der Waals surface area (Å²) in [4.78, 5) is 44.0. The first kappa shape index (κ1) is 33.9. The fourth-order valence-electron chi connectivity index (χ4n) is 7.47. The van der Waals surface area contributed by atoms with Crippen molar-refractivity contribution >= 4 is 17.7 Å². The normalized spacial score (nSPS) is 21.2. The number of nitrogens with one attached hydrogen (secondary N) is 2. The summed E-state index contributed by atoms with van der Waals surface area (Å²) in [6, 6.07) is 14.2. The van der Waals surface area contributed by atoms with Gasteiger partial charge in [0.05, 0.1) is 6.10 Å². The Labute approximate surface area is 274 Å². The first-order chi connectivity index (χ1) is 22.3. The number of rotatable bonds is 13. The third-order valence-electron chi connectivity index (χ3n) is 10.3. The molecule has 0 radical (unpaired) electrons. The van der Waals surface area contributed by atoms with E-state index in [9.17, 15) is 19.5 Å². The van der Waals surface area contributed by atoms with Crippen LogP contribution in [0.2, 0.25) is 0 Å². The maximum absolute atomic E-state index is 14.1. The first-order valence-corrected chi connectivity index (χ1v) is 17.5. The number of amides is 3. The van der Waals surface area contributed by atoms with E-state index in [1.54, 1.807) is 31.3 Å². The minimum Gasteiger partial charge on any atom is -0.457 e. The van der Waals surface area contributed by atoms with Gasteiger partial charge in [0.1, 0.15) is 23.1 Å². The molecule has 9 heteroatoms. The zero-order valence-corrected chi connectivity index (χ0v) is 27.6. The Balaban J connectivity index is 1.20. The summed E-state index contributed by atoms with van der Waals surface area (Å²) in [5.74, 6) is 1.11. The van der Waals surface area contributed by atoms with Crippen molar-refractivity contribution in [3.05, 3.63) is 59.7 Å². The van der Waals surface area contributed by atoms with Gasteiger partial charge in [-0.15, -0.1) is 0 Å². The molecule has 2 heterocycles. The third-order valence-corrected chi connectivity index (χ3v) is 10.3. The molecule has 1 aliphatic carbocycles. The Morgan fingerprint density at radius 2 is 1.59 bits per heavy atom. The molecule has 1 saturated carbocycles. The molecule has 0 bridgehead atoms. The van der Waals surface area contributed by atoms with Crippen LogP contribution in [-0.2, 0) is 16.1 Å². The van der Waals surface area contributed by atoms with Crippen LogP contribution in [0.5, 0.6) is 11.5 Å². The first-order valence-electron chi connectivity index (χ1n) is 17.5. The second-order valence-corrected chi connectivity index (χ2v) is 13.4. The summed E-state index contributed by atoms with van der Waals surface area (Å²) in [5.41, 5.74) is 0.869. The number of carbonyl (C=O) groups is 3. The lowest BCUT2D eigenvalue weighted by Gasteiger charge is -2.52. The number of likely N-dealkylation sites (tertiary alicyclic amines) is 1. The van der Waals surface area contributed by atoms with Crippen LogP contribution in [-0.4, -0.2) is 77.0 Å². The second-order valence-electron chi connectivity index (χ2n) is 13.4. The summed E-state index contributed by atoms with van der Waals surface area (Å²) < 4.78 is 5.97. The predicted molar refractivity (Wildman–Crippen MR) is 179 cm³/mol. The largest absolute Gasteiger partial charge is 0.457 e. The summed E-state index contributed by atoms with van der Waals surface area (Å²) in [6.45, 7) is 4.92. The molecule has 2 saturated heterocycles. The molecule has 9 nitrogen and oxygen atoms in total. The van der Waals surface area contributed by atoms with Crippen LogP contribution >= 0.6 is 0 Å². The van der Waals surface area contributed by atoms with E-state index in [-0.39, 0.29) is 23.6 Å². The molecule has 0 unspecified atom stereocenters. The molecule has 46 heavy (non-hydrogen) atoms. The molecule has 3 fully saturated rings. The number of nitrogens with zero attached hydrogens (tertiary/aromatic N) is 2. The SMILES string of the molecule is CCCCCCCN1C(=O)[C@@H]([C@H](O)C2CCCCC2)NC(=O)C12CCN(Cc1ccc(Oc3ccc(C(=O)NC)cc3)cc1)CC2. The van der Waals surface area contributed by atoms with E-state index in [0.717, 1.165) is 63.5 Å². The topological polar surface area (TPSA) is 111 Å². The maximum atomic E-state index is 14.1. The lowest BCUT2D eigenvalue weighted by molar-refractivity contribution is -0.166. The van der Waals surface area contributed by atoms with Crippen molar-refractivity contribution in [2.75, 3.05) is 26.7 Å². The number of carbonyl (C=O) groups excluding carboxylic acids is 3. The lowest BCUT2D eigenvalue weighted by atomic mass is 9.78. The highest BCUT2D eigenvalue weighted by Gasteiger charge is 2.55. The molecule has 5 rings (SSSR count). The van der Waals surface area contributed by atoms with Crippen LogP contribution in [0.4, 0.5) is 0 Å². The summed E-state index contributed by atoms with van der Waals surface area (Å²) >= 11 is 0. The number of ether oxygens (including phenoxy) is 1. The molecule has 2 aliphatic heterocycles. The highest BCUT2D eigenvalue weighted by atomic mass is 16.5. The van der Waals surface area contributed by atoms with Gasteiger partial charge >= 0.3 is 0 Å². The minimum absolute atomic E-state index is 0.0663. The minimum atomic E-state index is -0.855. The zero-order chi connectivity index (χ0) is 32.5. The van der Waals surface area contributed by atoms with Gasteiger partial charge in [-0.3, -0.25) is 19.3 Å². The Hall–Kier alpha value is -3.43. The van der Waals surface area contributed by atoms with Crippen LogP contribution < -0.4 is 15.4 Å². The van der Waals surface area contributed by atoms with Gasteiger partial charge in [0.25, 0.3) is 5.91 Å². The summed E-state index contributed by atoms with van der Waals surface area (Å²) in [6.07, 6.45) is 10.9. The fraction of sp³-hybridized carbons (Fsp3) is 0.595. The Morgan fingerprint density at radius 3 is 2.22 bits per heavy atom. The number of aliphatic hydroxyl groups excluding tert-OH is 1. The molecule has 250 valence electrons. The average Bonchev–Trinajstić information content (AvgIpc) is 3.09. The van der Waals surface area contributed by atoms with Crippen molar-refractivity contribution < 1.29 is 24.2 Å². The summed E-state index contributed by atoms with van der Waals surface area (Å²) in [5, 5.41) is 16.9. The van der Waals surface area contributed by atoms with Crippen LogP contribution in [0.1, 0.15) is 99.9 Å². The highest BCUT2D eigenvalue weighted by molar-refractivity contribution is 6.00. The van der Waals surface area contributed by atoms with E-state index in [0.29, 0.717) is 49.5 Å². The van der Waals surface area contributed by atoms with Crippen molar-refractivity contribution in [1.82, 2.24) is 20.4 Å². The van der Waals surface area contributed by atoms with Gasteiger partial charge in [-0.25, -0.2) is 0 Å². The molecule has 3 amide bonds. The number of hydrogen-bond donors (Lipinski definition) is 3. The number of unbranched alkanes of at least 4 members (excludes halogenated alkanes) is 4. The summed E-state index contributed by atoms with van der Waals surface area (Å²) in [7, 11) is 1.61. The van der Waals surface area contributed by atoms with Gasteiger partial charge in [0, 0.05) is 38.8 Å². The quantitative estimate of drug-likeness (QED) is 0.255.